The van der Waals surface area contributed by atoms with Crippen LogP contribution in [0.25, 0.3) is 0 Å². The van der Waals surface area contributed by atoms with Crippen molar-refractivity contribution in [2.24, 2.45) is 5.73 Å². The molecule has 1 aromatic rings. The molecule has 0 saturated carbocycles. The van der Waals surface area contributed by atoms with Gasteiger partial charge in [-0.2, -0.15) is 0 Å². The van der Waals surface area contributed by atoms with E-state index in [1.807, 2.05) is 31.2 Å². The van der Waals surface area contributed by atoms with E-state index in [9.17, 15) is 4.79 Å². The van der Waals surface area contributed by atoms with Crippen molar-refractivity contribution in [2.75, 3.05) is 18.9 Å². The maximum atomic E-state index is 12.1. The van der Waals surface area contributed by atoms with Gasteiger partial charge in [0.25, 0.3) is 5.91 Å². The van der Waals surface area contributed by atoms with Gasteiger partial charge in [0.1, 0.15) is 0 Å². The summed E-state index contributed by atoms with van der Waals surface area (Å²) >= 11 is 0. The molecule has 3 rings (SSSR count). The van der Waals surface area contributed by atoms with Crippen LogP contribution in [0.2, 0.25) is 0 Å². The van der Waals surface area contributed by atoms with Gasteiger partial charge in [0.05, 0.1) is 5.41 Å². The molecule has 3 N–H and O–H groups in total. The molecule has 1 aromatic carbocycles. The minimum Gasteiger partial charge on any atom is -0.359 e. The van der Waals surface area contributed by atoms with E-state index < -0.39 is 5.66 Å². The summed E-state index contributed by atoms with van der Waals surface area (Å²) < 4.78 is 0. The van der Waals surface area contributed by atoms with Crippen LogP contribution in [0.3, 0.4) is 0 Å². The zero-order chi connectivity index (χ0) is 11.6. The molecule has 0 spiro atoms. The fourth-order valence-corrected chi connectivity index (χ4v) is 2.98. The molecule has 2 aliphatic rings. The molecule has 0 bridgehead atoms. The van der Waals surface area contributed by atoms with E-state index in [1.54, 1.807) is 11.9 Å². The second-order valence-electron chi connectivity index (χ2n) is 4.97. The summed E-state index contributed by atoms with van der Waals surface area (Å²) in [5.41, 5.74) is 7.08. The molecule has 0 radical (unpaired) electrons. The Kier molecular flexibility index (Phi) is 1.56. The summed E-state index contributed by atoms with van der Waals surface area (Å²) in [7, 11) is 1.80. The third-order valence-corrected chi connectivity index (χ3v) is 3.96. The minimum absolute atomic E-state index is 0.0359. The van der Waals surface area contributed by atoms with Gasteiger partial charge in [-0.05, 0) is 18.6 Å². The monoisotopic (exact) mass is 217 g/mol. The zero-order valence-corrected chi connectivity index (χ0v) is 9.45. The molecule has 0 aliphatic carbocycles. The molecule has 16 heavy (non-hydrogen) atoms. The first kappa shape index (κ1) is 9.66. The highest BCUT2D eigenvalue weighted by atomic mass is 16.2. The number of likely N-dealkylation sites (N-methyl/N-ethyl adjacent to an activating group) is 1. The number of para-hydroxylation sites is 1. The van der Waals surface area contributed by atoms with Crippen molar-refractivity contribution in [3.8, 4) is 0 Å². The summed E-state index contributed by atoms with van der Waals surface area (Å²) in [5, 5.41) is 3.18. The van der Waals surface area contributed by atoms with E-state index in [1.165, 1.54) is 0 Å². The lowest BCUT2D eigenvalue weighted by Gasteiger charge is -2.30. The molecule has 0 unspecified atom stereocenters. The van der Waals surface area contributed by atoms with Crippen molar-refractivity contribution in [1.82, 2.24) is 4.90 Å². The highest BCUT2D eigenvalue weighted by molar-refractivity contribution is 5.96. The molecule has 4 heteroatoms. The number of likely N-dealkylation sites (tertiary alicyclic amines) is 1. The van der Waals surface area contributed by atoms with E-state index in [0.29, 0.717) is 6.54 Å². The van der Waals surface area contributed by atoms with Gasteiger partial charge in [-0.25, -0.2) is 0 Å². The van der Waals surface area contributed by atoms with Gasteiger partial charge in [0, 0.05) is 19.3 Å². The molecule has 1 fully saturated rings. The van der Waals surface area contributed by atoms with Crippen molar-refractivity contribution >= 4 is 11.6 Å². The van der Waals surface area contributed by atoms with Crippen molar-refractivity contribution in [3.63, 3.8) is 0 Å². The van der Waals surface area contributed by atoms with E-state index >= 15 is 0 Å². The lowest BCUT2D eigenvalue weighted by Crippen LogP contribution is -2.60. The summed E-state index contributed by atoms with van der Waals surface area (Å²) in [4.78, 5) is 13.8. The Morgan fingerprint density at radius 1 is 1.44 bits per heavy atom. The molecule has 4 nitrogen and oxygen atoms in total. The van der Waals surface area contributed by atoms with Crippen LogP contribution < -0.4 is 11.1 Å². The van der Waals surface area contributed by atoms with Crippen molar-refractivity contribution in [1.29, 1.82) is 0 Å². The zero-order valence-electron chi connectivity index (χ0n) is 9.45. The molecule has 0 aromatic heterocycles. The first-order valence-corrected chi connectivity index (χ1v) is 5.41. The first-order valence-electron chi connectivity index (χ1n) is 5.41. The quantitative estimate of drug-likeness (QED) is 0.665. The number of benzene rings is 1. The predicted octanol–water partition coefficient (Wildman–Crippen LogP) is 0.497. The van der Waals surface area contributed by atoms with Crippen LogP contribution in [-0.2, 0) is 10.2 Å². The Morgan fingerprint density at radius 2 is 2.12 bits per heavy atom. The molecular weight excluding hydrogens is 202 g/mol. The van der Waals surface area contributed by atoms with Crippen LogP contribution in [0.4, 0.5) is 5.69 Å². The summed E-state index contributed by atoms with van der Waals surface area (Å²) in [5.74, 6) is -0.0359. The molecular formula is C12H15N3O. The number of carbonyl (C=O) groups excluding carboxylic acids is 1. The number of amides is 1. The standard InChI is InChI=1S/C12H15N3O/c1-11-7-15(2)10(16)12(11,13)14-9-6-4-3-5-8(9)11/h3-6,14H,7,13H2,1-2H3/t11-,12+/m0/s1. The maximum absolute atomic E-state index is 12.1. The first-order chi connectivity index (χ1) is 7.49. The van der Waals surface area contributed by atoms with Crippen LogP contribution >= 0.6 is 0 Å². The molecule has 2 aliphatic heterocycles. The SMILES string of the molecule is CN1C[C@@]2(C)c3ccccc3N[C@]2(N)C1=O. The molecule has 1 amide bonds. The number of anilines is 1. The molecule has 1 saturated heterocycles. The molecule has 84 valence electrons. The average Bonchev–Trinajstić information content (AvgIpc) is 2.57. The number of rotatable bonds is 0. The van der Waals surface area contributed by atoms with Crippen LogP contribution in [0.15, 0.2) is 24.3 Å². The fourth-order valence-electron chi connectivity index (χ4n) is 2.98. The lowest BCUT2D eigenvalue weighted by molar-refractivity contribution is -0.130. The van der Waals surface area contributed by atoms with Crippen LogP contribution in [0, 0.1) is 0 Å². The smallest absolute Gasteiger partial charge is 0.263 e. The van der Waals surface area contributed by atoms with Crippen molar-refractivity contribution < 1.29 is 4.79 Å². The third-order valence-electron chi connectivity index (χ3n) is 3.96. The van der Waals surface area contributed by atoms with Crippen LogP contribution in [0.5, 0.6) is 0 Å². The van der Waals surface area contributed by atoms with Crippen molar-refractivity contribution in [3.05, 3.63) is 29.8 Å². The Labute approximate surface area is 94.4 Å². The lowest BCUT2D eigenvalue weighted by atomic mass is 9.77. The van der Waals surface area contributed by atoms with Crippen LogP contribution in [0.1, 0.15) is 12.5 Å². The number of hydrogen-bond donors (Lipinski definition) is 2. The van der Waals surface area contributed by atoms with Gasteiger partial charge in [-0.1, -0.05) is 18.2 Å². The molecule has 2 heterocycles. The maximum Gasteiger partial charge on any atom is 0.263 e. The average molecular weight is 217 g/mol. The van der Waals surface area contributed by atoms with Gasteiger partial charge < -0.3 is 16.0 Å². The number of fused-ring (bicyclic) bond motifs is 3. The number of hydrogen-bond acceptors (Lipinski definition) is 3. The predicted molar refractivity (Wildman–Crippen MR) is 62.0 cm³/mol. The molecule has 2 atom stereocenters. The number of carbonyl (C=O) groups is 1. The summed E-state index contributed by atoms with van der Waals surface area (Å²) in [6, 6.07) is 7.96. The summed E-state index contributed by atoms with van der Waals surface area (Å²) in [6.07, 6.45) is 0. The normalized spacial score (nSPS) is 35.9. The van der Waals surface area contributed by atoms with Crippen LogP contribution in [-0.4, -0.2) is 30.1 Å². The van der Waals surface area contributed by atoms with E-state index in [2.05, 4.69) is 5.32 Å². The second-order valence-corrected chi connectivity index (χ2v) is 4.97. The van der Waals surface area contributed by atoms with Gasteiger partial charge in [-0.3, -0.25) is 4.79 Å². The fraction of sp³-hybridized carbons (Fsp3) is 0.417. The highest BCUT2D eigenvalue weighted by Crippen LogP contribution is 2.49. The van der Waals surface area contributed by atoms with Gasteiger partial charge in [-0.15, -0.1) is 0 Å². The van der Waals surface area contributed by atoms with E-state index in [4.69, 9.17) is 5.73 Å². The Balaban J connectivity index is 2.23. The largest absolute Gasteiger partial charge is 0.359 e. The second kappa shape index (κ2) is 2.58. The summed E-state index contributed by atoms with van der Waals surface area (Å²) in [6.45, 7) is 2.71. The highest BCUT2D eigenvalue weighted by Gasteiger charge is 2.63. The Bertz CT molecular complexity index is 487. The number of nitrogens with zero attached hydrogens (tertiary/aromatic N) is 1. The van der Waals surface area contributed by atoms with E-state index in [0.717, 1.165) is 11.3 Å². The van der Waals surface area contributed by atoms with E-state index in [-0.39, 0.29) is 11.3 Å². The Hall–Kier alpha value is -1.55. The van der Waals surface area contributed by atoms with Gasteiger partial charge in [0.15, 0.2) is 5.66 Å². The Morgan fingerprint density at radius 3 is 2.88 bits per heavy atom. The number of nitrogens with one attached hydrogen (secondary N) is 1. The number of nitrogens with two attached hydrogens (primary N) is 1. The van der Waals surface area contributed by atoms with Gasteiger partial charge in [0.2, 0.25) is 0 Å². The van der Waals surface area contributed by atoms with Crippen molar-refractivity contribution in [2.45, 2.75) is 18.0 Å². The minimum atomic E-state index is -0.981. The topological polar surface area (TPSA) is 58.4 Å². The van der Waals surface area contributed by atoms with Gasteiger partial charge >= 0.3 is 0 Å². The third kappa shape index (κ3) is 0.826.